The maximum atomic E-state index is 13.8. The van der Waals surface area contributed by atoms with Crippen LogP contribution >= 0.6 is 34.2 Å². The third kappa shape index (κ3) is 4.37. The van der Waals surface area contributed by atoms with Crippen molar-refractivity contribution in [1.82, 2.24) is 5.32 Å². The highest BCUT2D eigenvalue weighted by Crippen LogP contribution is 2.27. The Balaban J connectivity index is 2.35. The van der Waals surface area contributed by atoms with Crippen LogP contribution in [0.5, 0.6) is 0 Å². The Bertz CT molecular complexity index is 634. The van der Waals surface area contributed by atoms with Crippen molar-refractivity contribution in [2.45, 2.75) is 19.4 Å². The number of hydrogen-bond acceptors (Lipinski definition) is 1. The first-order valence-electron chi connectivity index (χ1n) is 6.63. The van der Waals surface area contributed by atoms with Gasteiger partial charge in [0.25, 0.3) is 0 Å². The molecule has 0 aliphatic heterocycles. The minimum atomic E-state index is -0.428. The summed E-state index contributed by atoms with van der Waals surface area (Å²) in [4.78, 5) is 0. The van der Waals surface area contributed by atoms with E-state index in [0.717, 1.165) is 27.8 Å². The SMILES string of the molecule is CCNC(Cc1cc(F)ccc1F)c1cc(Cl)ccc1I. The summed E-state index contributed by atoms with van der Waals surface area (Å²) in [5.74, 6) is -0.821. The van der Waals surface area contributed by atoms with Gasteiger partial charge in [0.1, 0.15) is 11.6 Å². The molecule has 21 heavy (non-hydrogen) atoms. The molecule has 0 aliphatic rings. The molecule has 1 nitrogen and oxygen atoms in total. The van der Waals surface area contributed by atoms with Gasteiger partial charge in [0, 0.05) is 14.6 Å². The summed E-state index contributed by atoms with van der Waals surface area (Å²) < 4.78 is 28.2. The summed E-state index contributed by atoms with van der Waals surface area (Å²) in [6, 6.07) is 9.03. The Kier molecular flexibility index (Phi) is 5.96. The molecule has 0 amide bonds. The second kappa shape index (κ2) is 7.51. The van der Waals surface area contributed by atoms with Crippen LogP contribution in [-0.2, 0) is 6.42 Å². The molecule has 1 atom stereocenters. The van der Waals surface area contributed by atoms with E-state index in [-0.39, 0.29) is 6.04 Å². The Morgan fingerprint density at radius 1 is 1.19 bits per heavy atom. The number of halogens is 4. The van der Waals surface area contributed by atoms with Crippen molar-refractivity contribution in [3.8, 4) is 0 Å². The molecule has 0 spiro atoms. The lowest BCUT2D eigenvalue weighted by Gasteiger charge is -2.20. The zero-order valence-corrected chi connectivity index (χ0v) is 14.4. The number of likely N-dealkylation sites (N-methyl/N-ethyl adjacent to an activating group) is 1. The van der Waals surface area contributed by atoms with Gasteiger partial charge in [-0.25, -0.2) is 8.78 Å². The largest absolute Gasteiger partial charge is 0.310 e. The highest BCUT2D eigenvalue weighted by Gasteiger charge is 2.17. The van der Waals surface area contributed by atoms with Gasteiger partial charge >= 0.3 is 0 Å². The average molecular weight is 422 g/mol. The molecule has 0 bridgehead atoms. The number of benzene rings is 2. The molecule has 0 aromatic heterocycles. The van der Waals surface area contributed by atoms with E-state index >= 15 is 0 Å². The predicted octanol–water partition coefficient (Wildman–Crippen LogP) is 5.12. The summed E-state index contributed by atoms with van der Waals surface area (Å²) >= 11 is 8.28. The molecular formula is C16H15ClF2IN. The first-order valence-corrected chi connectivity index (χ1v) is 8.09. The highest BCUT2D eigenvalue weighted by atomic mass is 127. The summed E-state index contributed by atoms with van der Waals surface area (Å²) in [5, 5.41) is 3.94. The van der Waals surface area contributed by atoms with Crippen LogP contribution in [0.4, 0.5) is 8.78 Å². The van der Waals surface area contributed by atoms with E-state index in [1.165, 1.54) is 6.07 Å². The van der Waals surface area contributed by atoms with Gasteiger partial charge in [-0.15, -0.1) is 0 Å². The van der Waals surface area contributed by atoms with E-state index in [4.69, 9.17) is 11.6 Å². The molecule has 0 fully saturated rings. The number of nitrogens with one attached hydrogen (secondary N) is 1. The minimum absolute atomic E-state index is 0.114. The summed E-state index contributed by atoms with van der Waals surface area (Å²) in [5.41, 5.74) is 1.35. The van der Waals surface area contributed by atoms with Gasteiger partial charge in [0.15, 0.2) is 0 Å². The molecule has 0 heterocycles. The molecule has 0 aliphatic carbocycles. The fourth-order valence-corrected chi connectivity index (χ4v) is 3.13. The van der Waals surface area contributed by atoms with Crippen molar-refractivity contribution in [3.05, 3.63) is 67.8 Å². The molecule has 2 aromatic carbocycles. The monoisotopic (exact) mass is 421 g/mol. The van der Waals surface area contributed by atoms with Crippen molar-refractivity contribution >= 4 is 34.2 Å². The summed E-state index contributed by atoms with van der Waals surface area (Å²) in [6.07, 6.45) is 0.369. The molecule has 5 heteroatoms. The first-order chi connectivity index (χ1) is 10.0. The fourth-order valence-electron chi connectivity index (χ4n) is 2.24. The maximum absolute atomic E-state index is 13.8. The lowest BCUT2D eigenvalue weighted by atomic mass is 9.98. The lowest BCUT2D eigenvalue weighted by molar-refractivity contribution is 0.520. The van der Waals surface area contributed by atoms with Crippen LogP contribution in [-0.4, -0.2) is 6.54 Å². The second-order valence-corrected chi connectivity index (χ2v) is 6.31. The number of rotatable bonds is 5. The number of hydrogen-bond donors (Lipinski definition) is 1. The van der Waals surface area contributed by atoms with Crippen molar-refractivity contribution in [3.63, 3.8) is 0 Å². The van der Waals surface area contributed by atoms with Gasteiger partial charge in [-0.1, -0.05) is 18.5 Å². The fraction of sp³-hybridized carbons (Fsp3) is 0.250. The topological polar surface area (TPSA) is 12.0 Å². The third-order valence-corrected chi connectivity index (χ3v) is 4.43. The van der Waals surface area contributed by atoms with E-state index < -0.39 is 11.6 Å². The van der Waals surface area contributed by atoms with Gasteiger partial charge < -0.3 is 5.32 Å². The van der Waals surface area contributed by atoms with Crippen LogP contribution in [0.1, 0.15) is 24.1 Å². The smallest absolute Gasteiger partial charge is 0.126 e. The standard InChI is InChI=1S/C16H15ClF2IN/c1-2-21-16(13-9-11(17)3-6-15(13)20)8-10-7-12(18)4-5-14(10)19/h3-7,9,16,21H,2,8H2,1H3. The predicted molar refractivity (Wildman–Crippen MR) is 90.6 cm³/mol. The Labute approximate surface area is 141 Å². The molecular weight excluding hydrogens is 407 g/mol. The quantitative estimate of drug-likeness (QED) is 0.661. The zero-order chi connectivity index (χ0) is 15.4. The van der Waals surface area contributed by atoms with Gasteiger partial charge in [-0.05, 0) is 83.1 Å². The molecule has 0 saturated heterocycles. The maximum Gasteiger partial charge on any atom is 0.126 e. The minimum Gasteiger partial charge on any atom is -0.310 e. The van der Waals surface area contributed by atoms with Gasteiger partial charge in [0.05, 0.1) is 0 Å². The second-order valence-electron chi connectivity index (χ2n) is 4.72. The molecule has 2 aromatic rings. The molecule has 1 unspecified atom stereocenters. The first kappa shape index (κ1) is 16.6. The molecule has 0 saturated carbocycles. The Morgan fingerprint density at radius 3 is 2.67 bits per heavy atom. The van der Waals surface area contributed by atoms with Crippen LogP contribution in [0.3, 0.4) is 0 Å². The van der Waals surface area contributed by atoms with Crippen molar-refractivity contribution in [2.24, 2.45) is 0 Å². The van der Waals surface area contributed by atoms with E-state index in [9.17, 15) is 8.78 Å². The summed E-state index contributed by atoms with van der Waals surface area (Å²) in [6.45, 7) is 2.70. The van der Waals surface area contributed by atoms with E-state index in [0.29, 0.717) is 17.0 Å². The normalized spacial score (nSPS) is 12.4. The van der Waals surface area contributed by atoms with Crippen molar-refractivity contribution in [2.75, 3.05) is 6.54 Å². The lowest BCUT2D eigenvalue weighted by Crippen LogP contribution is -2.24. The Hall–Kier alpha value is -0.720. The van der Waals surface area contributed by atoms with Crippen molar-refractivity contribution < 1.29 is 8.78 Å². The van der Waals surface area contributed by atoms with Crippen LogP contribution in [0.2, 0.25) is 5.02 Å². The molecule has 112 valence electrons. The van der Waals surface area contributed by atoms with Crippen LogP contribution < -0.4 is 5.32 Å². The van der Waals surface area contributed by atoms with E-state index in [1.54, 1.807) is 0 Å². The van der Waals surface area contributed by atoms with Gasteiger partial charge in [-0.3, -0.25) is 0 Å². The Morgan fingerprint density at radius 2 is 1.95 bits per heavy atom. The molecule has 2 rings (SSSR count). The van der Waals surface area contributed by atoms with Gasteiger partial charge in [0.2, 0.25) is 0 Å². The van der Waals surface area contributed by atoms with Crippen LogP contribution in [0.25, 0.3) is 0 Å². The highest BCUT2D eigenvalue weighted by molar-refractivity contribution is 14.1. The molecule has 1 N–H and O–H groups in total. The molecule has 0 radical (unpaired) electrons. The van der Waals surface area contributed by atoms with E-state index in [1.807, 2.05) is 25.1 Å². The van der Waals surface area contributed by atoms with Crippen LogP contribution in [0.15, 0.2) is 36.4 Å². The van der Waals surface area contributed by atoms with Crippen LogP contribution in [0, 0.1) is 15.2 Å². The average Bonchev–Trinajstić information content (AvgIpc) is 2.45. The van der Waals surface area contributed by atoms with Gasteiger partial charge in [-0.2, -0.15) is 0 Å². The zero-order valence-electron chi connectivity index (χ0n) is 11.5. The van der Waals surface area contributed by atoms with Crippen molar-refractivity contribution in [1.29, 1.82) is 0 Å². The third-order valence-electron chi connectivity index (χ3n) is 3.22. The van der Waals surface area contributed by atoms with E-state index in [2.05, 4.69) is 27.9 Å². The summed E-state index contributed by atoms with van der Waals surface area (Å²) in [7, 11) is 0.